The van der Waals surface area contributed by atoms with Crippen LogP contribution in [0.3, 0.4) is 0 Å². The van der Waals surface area contributed by atoms with Crippen molar-refractivity contribution >= 4 is 11.6 Å². The molecule has 96 valence electrons. The number of anilines is 1. The first-order chi connectivity index (χ1) is 7.75. The third kappa shape index (κ3) is 3.25. The molecule has 4 heteroatoms. The first-order valence-corrected chi connectivity index (χ1v) is 6.02. The van der Waals surface area contributed by atoms with Crippen LogP contribution in [0.25, 0.3) is 0 Å². The Morgan fingerprint density at radius 2 is 2.12 bits per heavy atom. The third-order valence-corrected chi connectivity index (χ3v) is 3.14. The van der Waals surface area contributed by atoms with Crippen molar-refractivity contribution in [2.75, 3.05) is 5.73 Å². The van der Waals surface area contributed by atoms with E-state index in [9.17, 15) is 4.79 Å². The maximum atomic E-state index is 12.1. The molecule has 1 aromatic heterocycles. The highest BCUT2D eigenvalue weighted by atomic mass is 16.2. The van der Waals surface area contributed by atoms with E-state index < -0.39 is 0 Å². The van der Waals surface area contributed by atoms with Gasteiger partial charge in [-0.1, -0.05) is 20.8 Å². The molecule has 0 saturated carbocycles. The van der Waals surface area contributed by atoms with Crippen molar-refractivity contribution in [3.8, 4) is 0 Å². The van der Waals surface area contributed by atoms with Crippen LogP contribution in [0.5, 0.6) is 0 Å². The summed E-state index contributed by atoms with van der Waals surface area (Å²) in [5.41, 5.74) is 7.01. The van der Waals surface area contributed by atoms with Crippen LogP contribution < -0.4 is 11.1 Å². The Morgan fingerprint density at radius 3 is 2.59 bits per heavy atom. The summed E-state index contributed by atoms with van der Waals surface area (Å²) in [5, 5.41) is 3.01. The Labute approximate surface area is 103 Å². The Bertz CT molecular complexity index is 401. The summed E-state index contributed by atoms with van der Waals surface area (Å²) in [6, 6.07) is 1.82. The fraction of sp³-hybridized carbons (Fsp3) is 0.615. The van der Waals surface area contributed by atoms with Crippen LogP contribution >= 0.6 is 0 Å². The Balaban J connectivity index is 2.83. The van der Waals surface area contributed by atoms with E-state index in [4.69, 9.17) is 5.73 Å². The van der Waals surface area contributed by atoms with Crippen LogP contribution in [0.1, 0.15) is 45.1 Å². The summed E-state index contributed by atoms with van der Waals surface area (Å²) in [6.07, 6.45) is 1.79. The van der Waals surface area contributed by atoms with Gasteiger partial charge in [-0.05, 0) is 25.3 Å². The number of nitrogen functional groups attached to an aromatic ring is 1. The van der Waals surface area contributed by atoms with Gasteiger partial charge < -0.3 is 15.6 Å². The number of hydrogen-bond donors (Lipinski definition) is 2. The average molecular weight is 237 g/mol. The molecule has 0 aromatic carbocycles. The summed E-state index contributed by atoms with van der Waals surface area (Å²) in [4.78, 5) is 12.1. The van der Waals surface area contributed by atoms with E-state index in [1.54, 1.807) is 12.3 Å². The minimum atomic E-state index is -0.0639. The lowest BCUT2D eigenvalue weighted by Crippen LogP contribution is -2.42. The van der Waals surface area contributed by atoms with Crippen LogP contribution in [-0.4, -0.2) is 16.5 Å². The number of nitrogens with two attached hydrogens (primary N) is 1. The molecule has 0 spiro atoms. The molecule has 1 unspecified atom stereocenters. The number of rotatable bonds is 3. The number of carbonyl (C=O) groups is 1. The molecule has 1 amide bonds. The van der Waals surface area contributed by atoms with Crippen LogP contribution in [-0.2, 0) is 6.54 Å². The fourth-order valence-electron chi connectivity index (χ4n) is 1.47. The van der Waals surface area contributed by atoms with Crippen LogP contribution in [0.4, 0.5) is 5.69 Å². The lowest BCUT2D eigenvalue weighted by atomic mass is 9.88. The Hall–Kier alpha value is -1.45. The highest BCUT2D eigenvalue weighted by molar-refractivity contribution is 5.94. The second-order valence-corrected chi connectivity index (χ2v) is 5.51. The molecule has 0 bridgehead atoms. The summed E-state index contributed by atoms with van der Waals surface area (Å²) >= 11 is 0. The van der Waals surface area contributed by atoms with E-state index in [2.05, 4.69) is 26.1 Å². The summed E-state index contributed by atoms with van der Waals surface area (Å²) in [7, 11) is 0. The molecule has 1 aromatic rings. The zero-order chi connectivity index (χ0) is 13.2. The van der Waals surface area contributed by atoms with Crippen molar-refractivity contribution in [2.45, 2.75) is 47.2 Å². The second-order valence-electron chi connectivity index (χ2n) is 5.51. The van der Waals surface area contributed by atoms with Crippen LogP contribution in [0.2, 0.25) is 0 Å². The quantitative estimate of drug-likeness (QED) is 0.847. The van der Waals surface area contributed by atoms with Crippen molar-refractivity contribution in [1.82, 2.24) is 9.88 Å². The first kappa shape index (κ1) is 13.6. The molecule has 0 fully saturated rings. The average Bonchev–Trinajstić information content (AvgIpc) is 2.58. The van der Waals surface area contributed by atoms with E-state index in [0.717, 1.165) is 6.54 Å². The van der Waals surface area contributed by atoms with Crippen molar-refractivity contribution < 1.29 is 4.79 Å². The molecule has 1 atom stereocenters. The van der Waals surface area contributed by atoms with Crippen molar-refractivity contribution in [2.24, 2.45) is 5.41 Å². The molecule has 4 nitrogen and oxygen atoms in total. The van der Waals surface area contributed by atoms with E-state index in [1.165, 1.54) is 0 Å². The van der Waals surface area contributed by atoms with Gasteiger partial charge in [0.05, 0.1) is 5.69 Å². The van der Waals surface area contributed by atoms with Gasteiger partial charge in [0.15, 0.2) is 0 Å². The number of aromatic nitrogens is 1. The highest BCUT2D eigenvalue weighted by Gasteiger charge is 2.23. The molecule has 0 aliphatic carbocycles. The number of carbonyl (C=O) groups excluding carboxylic acids is 1. The lowest BCUT2D eigenvalue weighted by molar-refractivity contribution is 0.0901. The molecule has 1 rings (SSSR count). The summed E-state index contributed by atoms with van der Waals surface area (Å²) in [5.74, 6) is -0.0639. The second kappa shape index (κ2) is 4.82. The molecular weight excluding hydrogens is 214 g/mol. The summed E-state index contributed by atoms with van der Waals surface area (Å²) < 4.78 is 1.86. The Kier molecular flexibility index (Phi) is 3.86. The molecule has 0 saturated heterocycles. The monoisotopic (exact) mass is 237 g/mol. The number of amides is 1. The third-order valence-electron chi connectivity index (χ3n) is 3.14. The molecular formula is C13H23N3O. The van der Waals surface area contributed by atoms with Gasteiger partial charge in [0.25, 0.3) is 5.91 Å². The van der Waals surface area contributed by atoms with E-state index in [0.29, 0.717) is 11.4 Å². The number of nitrogens with one attached hydrogen (secondary N) is 1. The molecule has 0 radical (unpaired) electrons. The Morgan fingerprint density at radius 1 is 1.53 bits per heavy atom. The standard InChI is InChI=1S/C13H23N3O/c1-6-16-8-10(14)7-11(16)12(17)15-9(2)13(3,4)5/h7-9H,6,14H2,1-5H3,(H,15,17). The van der Waals surface area contributed by atoms with E-state index in [1.807, 2.05) is 18.4 Å². The van der Waals surface area contributed by atoms with Gasteiger partial charge in [-0.3, -0.25) is 4.79 Å². The van der Waals surface area contributed by atoms with Gasteiger partial charge in [0, 0.05) is 18.8 Å². The zero-order valence-electron chi connectivity index (χ0n) is 11.4. The van der Waals surface area contributed by atoms with Crippen LogP contribution in [0.15, 0.2) is 12.3 Å². The largest absolute Gasteiger partial charge is 0.397 e. The fourth-order valence-corrected chi connectivity index (χ4v) is 1.47. The molecule has 1 heterocycles. The van der Waals surface area contributed by atoms with E-state index >= 15 is 0 Å². The molecule has 0 aliphatic rings. The van der Waals surface area contributed by atoms with Gasteiger partial charge in [-0.2, -0.15) is 0 Å². The van der Waals surface area contributed by atoms with Crippen LogP contribution in [0, 0.1) is 5.41 Å². The van der Waals surface area contributed by atoms with Gasteiger partial charge >= 0.3 is 0 Å². The smallest absolute Gasteiger partial charge is 0.268 e. The van der Waals surface area contributed by atoms with Crippen molar-refractivity contribution in [1.29, 1.82) is 0 Å². The topological polar surface area (TPSA) is 60.0 Å². The highest BCUT2D eigenvalue weighted by Crippen LogP contribution is 2.19. The zero-order valence-corrected chi connectivity index (χ0v) is 11.4. The SMILES string of the molecule is CCn1cc(N)cc1C(=O)NC(C)C(C)(C)C. The van der Waals surface area contributed by atoms with Gasteiger partial charge in [0.1, 0.15) is 5.69 Å². The number of hydrogen-bond acceptors (Lipinski definition) is 2. The molecule has 3 N–H and O–H groups in total. The minimum absolute atomic E-state index is 0.0465. The molecule has 17 heavy (non-hydrogen) atoms. The minimum Gasteiger partial charge on any atom is -0.397 e. The molecule has 0 aliphatic heterocycles. The number of nitrogens with zero attached hydrogens (tertiary/aromatic N) is 1. The maximum absolute atomic E-state index is 12.1. The lowest BCUT2D eigenvalue weighted by Gasteiger charge is -2.28. The van der Waals surface area contributed by atoms with Crippen molar-refractivity contribution in [3.63, 3.8) is 0 Å². The van der Waals surface area contributed by atoms with E-state index in [-0.39, 0.29) is 17.4 Å². The number of aryl methyl sites for hydroxylation is 1. The first-order valence-electron chi connectivity index (χ1n) is 6.02. The predicted molar refractivity (Wildman–Crippen MR) is 70.9 cm³/mol. The van der Waals surface area contributed by atoms with Gasteiger partial charge in [-0.25, -0.2) is 0 Å². The van der Waals surface area contributed by atoms with Crippen molar-refractivity contribution in [3.05, 3.63) is 18.0 Å². The van der Waals surface area contributed by atoms with Gasteiger partial charge in [0.2, 0.25) is 0 Å². The summed E-state index contributed by atoms with van der Waals surface area (Å²) in [6.45, 7) is 11.1. The van der Waals surface area contributed by atoms with Gasteiger partial charge in [-0.15, -0.1) is 0 Å². The normalized spacial score (nSPS) is 13.5. The maximum Gasteiger partial charge on any atom is 0.268 e. The predicted octanol–water partition coefficient (Wildman–Crippen LogP) is 2.25.